The van der Waals surface area contributed by atoms with E-state index in [0.29, 0.717) is 24.0 Å². The molecule has 175 valence electrons. The molecule has 1 saturated heterocycles. The average molecular weight is 515 g/mol. The van der Waals surface area contributed by atoms with Gasteiger partial charge in [0.1, 0.15) is 0 Å². The molecule has 2 unspecified atom stereocenters. The number of nitrogens with zero attached hydrogens (tertiary/aromatic N) is 1. The topological polar surface area (TPSA) is 91.4 Å². The van der Waals surface area contributed by atoms with Gasteiger partial charge in [0.05, 0.1) is 22.6 Å². The molecule has 1 aliphatic heterocycles. The summed E-state index contributed by atoms with van der Waals surface area (Å²) >= 11 is 0. The highest BCUT2D eigenvalue weighted by Gasteiger charge is 2.52. The van der Waals surface area contributed by atoms with E-state index in [1.165, 1.54) is 0 Å². The van der Waals surface area contributed by atoms with E-state index in [-0.39, 0.29) is 11.5 Å². The van der Waals surface area contributed by atoms with Crippen LogP contribution in [0, 0.1) is 0 Å². The van der Waals surface area contributed by atoms with Crippen molar-refractivity contribution in [3.8, 4) is 0 Å². The van der Waals surface area contributed by atoms with Crippen molar-refractivity contribution in [3.63, 3.8) is 0 Å². The van der Waals surface area contributed by atoms with Crippen LogP contribution in [0.3, 0.4) is 0 Å². The van der Waals surface area contributed by atoms with Gasteiger partial charge in [0, 0.05) is 0 Å². The monoisotopic (exact) mass is 514 g/mol. The number of hydroxylamine groups is 2. The third-order valence-corrected chi connectivity index (χ3v) is 12.5. The van der Waals surface area contributed by atoms with Crippen molar-refractivity contribution in [2.24, 2.45) is 0 Å². The Kier molecular flexibility index (Phi) is 7.44. The lowest BCUT2D eigenvalue weighted by molar-refractivity contribution is -0.260. The number of hydrogen-bond acceptors (Lipinski definition) is 7. The molecule has 0 saturated carbocycles. The molecule has 1 fully saturated rings. The van der Waals surface area contributed by atoms with Gasteiger partial charge in [0.15, 0.2) is 0 Å². The maximum absolute atomic E-state index is 13.6. The lowest BCUT2D eigenvalue weighted by Crippen LogP contribution is -2.44. The standard InChI is InChI=1S/C22H28NO5S4/c1-21(19-9-5-17(6-10-19)15-31(25,26)29-3)13-14-22(2,23(21)24)20-11-7-18(8-12-20)16-32(27,28)30-4/h5-12H,13-16H2,1-4H3. The second-order valence-electron chi connectivity index (χ2n) is 8.47. The van der Waals surface area contributed by atoms with Gasteiger partial charge in [-0.15, -0.1) is 10.3 Å². The Balaban J connectivity index is 1.82. The first-order chi connectivity index (χ1) is 14.9. The predicted molar refractivity (Wildman–Crippen MR) is 132 cm³/mol. The zero-order chi connectivity index (χ0) is 23.8. The molecule has 10 heteroatoms. The van der Waals surface area contributed by atoms with Crippen molar-refractivity contribution in [3.05, 3.63) is 70.8 Å². The molecule has 0 aromatic heterocycles. The third-order valence-electron chi connectivity index (χ3n) is 6.34. The summed E-state index contributed by atoms with van der Waals surface area (Å²) in [4.78, 5) is 0. The summed E-state index contributed by atoms with van der Waals surface area (Å²) in [6, 6.07) is 14.5. The molecule has 0 bridgehead atoms. The predicted octanol–water partition coefficient (Wildman–Crippen LogP) is 4.64. The van der Waals surface area contributed by atoms with E-state index in [1.807, 2.05) is 38.1 Å². The Morgan fingerprint density at radius 1 is 0.719 bits per heavy atom. The molecule has 1 heterocycles. The van der Waals surface area contributed by atoms with Crippen LogP contribution in [-0.2, 0) is 45.5 Å². The molecular weight excluding hydrogens is 487 g/mol. The van der Waals surface area contributed by atoms with E-state index in [1.54, 1.807) is 36.8 Å². The van der Waals surface area contributed by atoms with Crippen molar-refractivity contribution >= 4 is 39.3 Å². The molecule has 3 rings (SSSR count). The second kappa shape index (κ2) is 9.31. The van der Waals surface area contributed by atoms with Crippen molar-refractivity contribution < 1.29 is 22.0 Å². The van der Waals surface area contributed by atoms with Crippen molar-refractivity contribution in [1.29, 1.82) is 0 Å². The van der Waals surface area contributed by atoms with Gasteiger partial charge in [-0.2, -0.15) is 0 Å². The summed E-state index contributed by atoms with van der Waals surface area (Å²) in [6.07, 6.45) is 4.40. The fourth-order valence-corrected chi connectivity index (χ4v) is 7.16. The van der Waals surface area contributed by atoms with Crippen molar-refractivity contribution in [2.75, 3.05) is 12.5 Å². The molecule has 1 aliphatic rings. The minimum absolute atomic E-state index is 0.0391. The van der Waals surface area contributed by atoms with Gasteiger partial charge >= 0.3 is 0 Å². The van der Waals surface area contributed by atoms with E-state index < -0.39 is 28.8 Å². The minimum atomic E-state index is -3.20. The summed E-state index contributed by atoms with van der Waals surface area (Å²) < 4.78 is 47.4. The summed E-state index contributed by atoms with van der Waals surface area (Å²) in [5, 5.41) is 14.7. The average Bonchev–Trinajstić information content (AvgIpc) is 3.00. The van der Waals surface area contributed by atoms with Gasteiger partial charge in [0.25, 0.3) is 0 Å². The normalized spacial score (nSPS) is 24.7. The molecule has 0 N–H and O–H groups in total. The summed E-state index contributed by atoms with van der Waals surface area (Å²) in [7, 11) is -4.73. The van der Waals surface area contributed by atoms with E-state index in [2.05, 4.69) is 0 Å². The first-order valence-electron chi connectivity index (χ1n) is 10.1. The Morgan fingerprint density at radius 2 is 1.03 bits per heavy atom. The maximum Gasteiger partial charge on any atom is 0.205 e. The van der Waals surface area contributed by atoms with Crippen LogP contribution in [0.4, 0.5) is 0 Å². The Morgan fingerprint density at radius 3 is 1.31 bits per heavy atom. The van der Waals surface area contributed by atoms with E-state index in [9.17, 15) is 22.0 Å². The number of benzene rings is 2. The molecule has 32 heavy (non-hydrogen) atoms. The van der Waals surface area contributed by atoms with Crippen LogP contribution in [0.2, 0.25) is 0 Å². The summed E-state index contributed by atoms with van der Waals surface area (Å²) in [6.45, 7) is 3.83. The van der Waals surface area contributed by atoms with Crippen LogP contribution in [0.25, 0.3) is 0 Å². The van der Waals surface area contributed by atoms with Gasteiger partial charge in [0.2, 0.25) is 17.7 Å². The van der Waals surface area contributed by atoms with Gasteiger partial charge in [-0.1, -0.05) is 48.5 Å². The largest absolute Gasteiger partial charge is 0.217 e. The number of rotatable bonds is 8. The SMILES string of the molecule is CSS(=O)(=O)Cc1ccc(C2(C)CCC(C)(c3ccc(CS(=O)(=O)SC)cc3)N2[O])cc1. The van der Waals surface area contributed by atoms with Gasteiger partial charge in [-0.05, 0) is 83.0 Å². The lowest BCUT2D eigenvalue weighted by atomic mass is 9.89. The number of hydrogen-bond donors (Lipinski definition) is 0. The van der Waals surface area contributed by atoms with Crippen LogP contribution in [-0.4, -0.2) is 34.4 Å². The minimum Gasteiger partial charge on any atom is -0.217 e. The molecule has 0 amide bonds. The van der Waals surface area contributed by atoms with Crippen LogP contribution in [0.1, 0.15) is 48.9 Å². The first-order valence-corrected chi connectivity index (χ1v) is 16.9. The van der Waals surface area contributed by atoms with E-state index in [0.717, 1.165) is 37.8 Å². The Hall–Kier alpha value is -1.04. The fraction of sp³-hybridized carbons (Fsp3) is 0.455. The van der Waals surface area contributed by atoms with Crippen molar-refractivity contribution in [1.82, 2.24) is 5.06 Å². The smallest absolute Gasteiger partial charge is 0.205 e. The van der Waals surface area contributed by atoms with Gasteiger partial charge in [-0.3, -0.25) is 0 Å². The molecule has 2 aromatic carbocycles. The molecular formula is C22H28NO5S4. The van der Waals surface area contributed by atoms with Gasteiger partial charge in [-0.25, -0.2) is 16.8 Å². The second-order valence-corrected chi connectivity index (χ2v) is 17.0. The molecule has 2 atom stereocenters. The van der Waals surface area contributed by atoms with Crippen LogP contribution >= 0.6 is 21.6 Å². The first kappa shape index (κ1) is 25.6. The zero-order valence-electron chi connectivity index (χ0n) is 18.6. The molecule has 1 radical (unpaired) electrons. The third kappa shape index (κ3) is 5.20. The van der Waals surface area contributed by atoms with Crippen LogP contribution in [0.15, 0.2) is 48.5 Å². The van der Waals surface area contributed by atoms with E-state index >= 15 is 0 Å². The Bertz CT molecular complexity index is 1070. The van der Waals surface area contributed by atoms with Crippen LogP contribution < -0.4 is 0 Å². The summed E-state index contributed by atoms with van der Waals surface area (Å²) in [5.74, 6) is -0.0782. The zero-order valence-corrected chi connectivity index (χ0v) is 21.8. The van der Waals surface area contributed by atoms with Gasteiger partial charge < -0.3 is 0 Å². The highest BCUT2D eigenvalue weighted by atomic mass is 33.1. The van der Waals surface area contributed by atoms with E-state index in [4.69, 9.17) is 0 Å². The maximum atomic E-state index is 13.6. The highest BCUT2D eigenvalue weighted by molar-refractivity contribution is 8.71. The Labute approximate surface area is 198 Å². The molecule has 0 aliphatic carbocycles. The van der Waals surface area contributed by atoms with Crippen molar-refractivity contribution in [2.45, 2.75) is 49.3 Å². The summed E-state index contributed by atoms with van der Waals surface area (Å²) in [5.41, 5.74) is 1.61. The molecule has 6 nitrogen and oxygen atoms in total. The van der Waals surface area contributed by atoms with Crippen LogP contribution in [0.5, 0.6) is 0 Å². The lowest BCUT2D eigenvalue weighted by Gasteiger charge is -2.37. The quantitative estimate of drug-likeness (QED) is 0.474. The molecule has 0 spiro atoms. The fourth-order valence-electron chi connectivity index (χ4n) is 4.20. The highest BCUT2D eigenvalue weighted by Crippen LogP contribution is 2.51. The molecule has 2 aromatic rings.